The van der Waals surface area contributed by atoms with Crippen molar-refractivity contribution < 1.29 is 0 Å². The number of halogens is 1. The Morgan fingerprint density at radius 2 is 1.91 bits per heavy atom. The fraction of sp³-hybridized carbons (Fsp3) is 0.400. The lowest BCUT2D eigenvalue weighted by atomic mass is 9.87. The summed E-state index contributed by atoms with van der Waals surface area (Å²) in [4.78, 5) is 2.68. The highest BCUT2D eigenvalue weighted by atomic mass is 79.9. The summed E-state index contributed by atoms with van der Waals surface area (Å²) in [5, 5.41) is 0. The number of nitrogens with zero attached hydrogens (tertiary/aromatic N) is 1. The molecule has 0 aliphatic heterocycles. The molecule has 0 saturated carbocycles. The minimum Gasteiger partial charge on any atom is -0.296 e. The van der Waals surface area contributed by atoms with Gasteiger partial charge in [0.1, 0.15) is 0 Å². The Kier molecular flexibility index (Phi) is 5.32. The molecule has 116 valence electrons. The summed E-state index contributed by atoms with van der Waals surface area (Å²) in [6, 6.07) is 18.3. The van der Waals surface area contributed by atoms with E-state index in [-0.39, 0.29) is 0 Å². The third-order valence-electron chi connectivity index (χ3n) is 4.63. The Bertz CT molecular complexity index is 608. The van der Waals surface area contributed by atoms with Crippen LogP contribution in [0.4, 0.5) is 0 Å². The Balaban J connectivity index is 1.74. The molecular weight excluding hydrogens is 334 g/mol. The van der Waals surface area contributed by atoms with Crippen molar-refractivity contribution in [2.24, 2.45) is 0 Å². The van der Waals surface area contributed by atoms with Crippen LogP contribution in [0.15, 0.2) is 53.0 Å². The van der Waals surface area contributed by atoms with Crippen molar-refractivity contribution >= 4 is 15.9 Å². The van der Waals surface area contributed by atoms with E-state index in [1.807, 2.05) is 0 Å². The molecule has 0 spiro atoms. The van der Waals surface area contributed by atoms with Crippen LogP contribution in [0.1, 0.15) is 36.5 Å². The molecule has 1 aliphatic carbocycles. The number of aryl methyl sites for hydroxylation is 1. The second kappa shape index (κ2) is 7.43. The van der Waals surface area contributed by atoms with Crippen molar-refractivity contribution in [1.29, 1.82) is 0 Å². The monoisotopic (exact) mass is 357 g/mol. The molecule has 1 aliphatic rings. The Morgan fingerprint density at radius 3 is 2.68 bits per heavy atom. The third-order valence-corrected chi connectivity index (χ3v) is 5.12. The van der Waals surface area contributed by atoms with E-state index in [4.69, 9.17) is 0 Å². The fourth-order valence-corrected chi connectivity index (χ4v) is 3.92. The predicted molar refractivity (Wildman–Crippen MR) is 97.1 cm³/mol. The number of hydrogen-bond acceptors (Lipinski definition) is 1. The van der Waals surface area contributed by atoms with Gasteiger partial charge in [0.05, 0.1) is 0 Å². The van der Waals surface area contributed by atoms with E-state index in [0.717, 1.165) is 6.54 Å². The molecule has 0 amide bonds. The number of fused-ring (bicyclic) bond motifs is 1. The average molecular weight is 358 g/mol. The van der Waals surface area contributed by atoms with Crippen molar-refractivity contribution in [2.75, 3.05) is 6.54 Å². The molecule has 0 radical (unpaired) electrons. The second-order valence-electron chi connectivity index (χ2n) is 6.27. The summed E-state index contributed by atoms with van der Waals surface area (Å²) in [7, 11) is 0. The lowest BCUT2D eigenvalue weighted by molar-refractivity contribution is 0.171. The molecule has 0 saturated heterocycles. The fourth-order valence-electron chi connectivity index (χ4n) is 3.51. The van der Waals surface area contributed by atoms with Crippen LogP contribution in [-0.2, 0) is 19.4 Å². The minimum absolute atomic E-state index is 0.675. The highest BCUT2D eigenvalue weighted by molar-refractivity contribution is 9.10. The maximum atomic E-state index is 3.59. The van der Waals surface area contributed by atoms with Gasteiger partial charge in [-0.3, -0.25) is 4.90 Å². The molecular formula is C20H24BrN. The minimum atomic E-state index is 0.675. The summed E-state index contributed by atoms with van der Waals surface area (Å²) in [6.07, 6.45) is 4.89. The SMILES string of the molecule is CCCN(Cc1ccccc1)C1CCc2cc(Br)ccc2C1. The summed E-state index contributed by atoms with van der Waals surface area (Å²) in [6.45, 7) is 4.54. The summed E-state index contributed by atoms with van der Waals surface area (Å²) >= 11 is 3.59. The molecule has 2 heteroatoms. The number of rotatable bonds is 5. The topological polar surface area (TPSA) is 3.24 Å². The Labute approximate surface area is 142 Å². The van der Waals surface area contributed by atoms with Gasteiger partial charge in [-0.1, -0.05) is 59.3 Å². The van der Waals surface area contributed by atoms with Crippen LogP contribution in [0.25, 0.3) is 0 Å². The highest BCUT2D eigenvalue weighted by Crippen LogP contribution is 2.28. The predicted octanol–water partition coefficient (Wildman–Crippen LogP) is 5.22. The molecule has 2 aromatic carbocycles. The first-order valence-electron chi connectivity index (χ1n) is 8.31. The van der Waals surface area contributed by atoms with Gasteiger partial charge in [0.25, 0.3) is 0 Å². The molecule has 0 fully saturated rings. The highest BCUT2D eigenvalue weighted by Gasteiger charge is 2.24. The largest absolute Gasteiger partial charge is 0.296 e. The first kappa shape index (κ1) is 15.8. The summed E-state index contributed by atoms with van der Waals surface area (Å²) in [5.74, 6) is 0. The van der Waals surface area contributed by atoms with E-state index in [1.165, 1.54) is 53.4 Å². The first-order chi connectivity index (χ1) is 10.8. The van der Waals surface area contributed by atoms with Crippen molar-refractivity contribution in [3.63, 3.8) is 0 Å². The standard InChI is InChI=1S/C20H24BrN/c1-2-12-22(15-16-6-4-3-5-7-16)20-11-9-17-13-19(21)10-8-18(17)14-20/h3-8,10,13,20H,2,9,11-12,14-15H2,1H3. The lowest BCUT2D eigenvalue weighted by Crippen LogP contribution is -2.39. The molecule has 0 bridgehead atoms. The lowest BCUT2D eigenvalue weighted by Gasteiger charge is -2.35. The van der Waals surface area contributed by atoms with Crippen molar-refractivity contribution in [3.05, 3.63) is 69.7 Å². The zero-order chi connectivity index (χ0) is 15.4. The quantitative estimate of drug-likeness (QED) is 0.708. The Morgan fingerprint density at radius 1 is 1.09 bits per heavy atom. The van der Waals surface area contributed by atoms with E-state index in [9.17, 15) is 0 Å². The van der Waals surface area contributed by atoms with Gasteiger partial charge in [0, 0.05) is 17.1 Å². The molecule has 0 aromatic heterocycles. The van der Waals surface area contributed by atoms with Gasteiger partial charge in [0.2, 0.25) is 0 Å². The van der Waals surface area contributed by atoms with E-state index >= 15 is 0 Å². The van der Waals surface area contributed by atoms with Crippen LogP contribution < -0.4 is 0 Å². The van der Waals surface area contributed by atoms with Crippen LogP contribution in [-0.4, -0.2) is 17.5 Å². The molecule has 3 rings (SSSR count). The number of benzene rings is 2. The molecule has 1 atom stereocenters. The van der Waals surface area contributed by atoms with E-state index in [1.54, 1.807) is 0 Å². The van der Waals surface area contributed by atoms with Crippen molar-refractivity contribution in [1.82, 2.24) is 4.90 Å². The van der Waals surface area contributed by atoms with Gasteiger partial charge < -0.3 is 0 Å². The molecule has 0 N–H and O–H groups in total. The zero-order valence-corrected chi connectivity index (χ0v) is 14.8. The average Bonchev–Trinajstić information content (AvgIpc) is 2.55. The van der Waals surface area contributed by atoms with Gasteiger partial charge in [-0.15, -0.1) is 0 Å². The molecule has 1 nitrogen and oxygen atoms in total. The van der Waals surface area contributed by atoms with Gasteiger partial charge >= 0.3 is 0 Å². The van der Waals surface area contributed by atoms with E-state index in [2.05, 4.69) is 76.3 Å². The van der Waals surface area contributed by atoms with E-state index < -0.39 is 0 Å². The summed E-state index contributed by atoms with van der Waals surface area (Å²) < 4.78 is 1.21. The molecule has 0 heterocycles. The maximum Gasteiger partial charge on any atom is 0.0236 e. The number of hydrogen-bond donors (Lipinski definition) is 0. The van der Waals surface area contributed by atoms with Crippen LogP contribution in [0.2, 0.25) is 0 Å². The second-order valence-corrected chi connectivity index (χ2v) is 7.18. The van der Waals surface area contributed by atoms with Crippen LogP contribution >= 0.6 is 15.9 Å². The maximum absolute atomic E-state index is 3.59. The third kappa shape index (κ3) is 3.80. The van der Waals surface area contributed by atoms with Crippen LogP contribution in [0, 0.1) is 0 Å². The van der Waals surface area contributed by atoms with E-state index in [0.29, 0.717) is 6.04 Å². The molecule has 1 unspecified atom stereocenters. The molecule has 22 heavy (non-hydrogen) atoms. The van der Waals surface area contributed by atoms with Crippen molar-refractivity contribution in [2.45, 2.75) is 45.2 Å². The first-order valence-corrected chi connectivity index (χ1v) is 9.11. The normalized spacial score (nSPS) is 17.5. The van der Waals surface area contributed by atoms with Crippen LogP contribution in [0.5, 0.6) is 0 Å². The Hall–Kier alpha value is -1.12. The van der Waals surface area contributed by atoms with Crippen molar-refractivity contribution in [3.8, 4) is 0 Å². The smallest absolute Gasteiger partial charge is 0.0236 e. The zero-order valence-electron chi connectivity index (χ0n) is 13.3. The molecule has 2 aromatic rings. The van der Waals surface area contributed by atoms with Crippen LogP contribution in [0.3, 0.4) is 0 Å². The van der Waals surface area contributed by atoms with Gasteiger partial charge in [0.15, 0.2) is 0 Å². The van der Waals surface area contributed by atoms with Gasteiger partial charge in [-0.2, -0.15) is 0 Å². The summed E-state index contributed by atoms with van der Waals surface area (Å²) in [5.41, 5.74) is 4.49. The van der Waals surface area contributed by atoms with Gasteiger partial charge in [-0.25, -0.2) is 0 Å². The van der Waals surface area contributed by atoms with Gasteiger partial charge in [-0.05, 0) is 61.1 Å².